The lowest BCUT2D eigenvalue weighted by Gasteiger charge is -2.18. The highest BCUT2D eigenvalue weighted by atomic mass is 35.5. The fourth-order valence-corrected chi connectivity index (χ4v) is 4.60. The van der Waals surface area contributed by atoms with Crippen molar-refractivity contribution in [3.8, 4) is 0 Å². The van der Waals surface area contributed by atoms with Gasteiger partial charge in [0.15, 0.2) is 0 Å². The largest absolute Gasteiger partial charge is 0.478 e. The summed E-state index contributed by atoms with van der Waals surface area (Å²) in [5.74, 6) is -0.956. The molecule has 0 radical (unpaired) electrons. The van der Waals surface area contributed by atoms with Crippen molar-refractivity contribution in [2.75, 3.05) is 0 Å². The van der Waals surface area contributed by atoms with Gasteiger partial charge in [-0.3, -0.25) is 0 Å². The predicted octanol–water partition coefficient (Wildman–Crippen LogP) is 7.62. The average molecular weight is 441 g/mol. The summed E-state index contributed by atoms with van der Waals surface area (Å²) in [5.41, 5.74) is 10.2. The molecule has 3 aromatic carbocycles. The standard InChI is InChI=1S/C29H25ClO2/c1-3-24(21-13-8-19(2)9-14-21)28(22-15-10-20(11-16-22)12-17-27(31)32)26-18-23-6-4-5-7-25(23)29(26)30/h4-17H,3,18H2,1-2H3,(H,31,32)/b17-12+,28-24+. The fourth-order valence-electron chi connectivity index (χ4n) is 4.26. The van der Waals surface area contributed by atoms with Crippen molar-refractivity contribution in [1.82, 2.24) is 0 Å². The summed E-state index contributed by atoms with van der Waals surface area (Å²) in [7, 11) is 0. The molecule has 0 aromatic heterocycles. The first-order chi connectivity index (χ1) is 15.5. The molecular formula is C29H25ClO2. The maximum absolute atomic E-state index is 10.9. The molecule has 32 heavy (non-hydrogen) atoms. The zero-order valence-electron chi connectivity index (χ0n) is 18.2. The zero-order valence-corrected chi connectivity index (χ0v) is 19.0. The van der Waals surface area contributed by atoms with E-state index in [4.69, 9.17) is 16.7 Å². The molecule has 0 atom stereocenters. The van der Waals surface area contributed by atoms with Crippen LogP contribution in [0.1, 0.15) is 46.7 Å². The Bertz CT molecular complexity index is 1240. The van der Waals surface area contributed by atoms with E-state index < -0.39 is 5.97 Å². The average Bonchev–Trinajstić information content (AvgIpc) is 3.13. The molecule has 0 spiro atoms. The number of aryl methyl sites for hydroxylation is 1. The lowest BCUT2D eigenvalue weighted by atomic mass is 9.86. The van der Waals surface area contributed by atoms with Gasteiger partial charge in [0, 0.05) is 12.5 Å². The van der Waals surface area contributed by atoms with Crippen LogP contribution in [0.15, 0.2) is 84.4 Å². The first-order valence-corrected chi connectivity index (χ1v) is 11.1. The third-order valence-corrected chi connectivity index (χ3v) is 6.29. The van der Waals surface area contributed by atoms with Crippen molar-refractivity contribution in [1.29, 1.82) is 0 Å². The lowest BCUT2D eigenvalue weighted by molar-refractivity contribution is -0.131. The van der Waals surface area contributed by atoms with Crippen LogP contribution in [-0.2, 0) is 11.2 Å². The summed E-state index contributed by atoms with van der Waals surface area (Å²) in [5, 5.41) is 9.72. The van der Waals surface area contributed by atoms with Gasteiger partial charge in [0.05, 0.1) is 5.03 Å². The van der Waals surface area contributed by atoms with Crippen molar-refractivity contribution in [2.24, 2.45) is 0 Å². The number of carboxylic acids is 1. The molecule has 1 aliphatic rings. The fraction of sp³-hybridized carbons (Fsp3) is 0.138. The Morgan fingerprint density at radius 2 is 1.62 bits per heavy atom. The van der Waals surface area contributed by atoms with E-state index in [2.05, 4.69) is 68.4 Å². The molecule has 4 rings (SSSR count). The highest BCUT2D eigenvalue weighted by molar-refractivity contribution is 6.51. The van der Waals surface area contributed by atoms with Gasteiger partial charge in [-0.2, -0.15) is 0 Å². The second-order valence-corrected chi connectivity index (χ2v) is 8.37. The number of allylic oxidation sites excluding steroid dienone is 3. The van der Waals surface area contributed by atoms with Gasteiger partial charge >= 0.3 is 5.97 Å². The van der Waals surface area contributed by atoms with Gasteiger partial charge in [0.2, 0.25) is 0 Å². The molecule has 160 valence electrons. The monoisotopic (exact) mass is 440 g/mol. The number of aliphatic carboxylic acids is 1. The Kier molecular flexibility index (Phi) is 6.43. The van der Waals surface area contributed by atoms with Crippen LogP contribution in [0.2, 0.25) is 0 Å². The molecule has 0 heterocycles. The maximum atomic E-state index is 10.9. The van der Waals surface area contributed by atoms with Crippen LogP contribution >= 0.6 is 11.6 Å². The quantitative estimate of drug-likeness (QED) is 0.316. The molecule has 0 fully saturated rings. The normalized spacial score (nSPS) is 14.0. The van der Waals surface area contributed by atoms with Crippen LogP contribution in [0.25, 0.3) is 22.3 Å². The third kappa shape index (κ3) is 4.46. The molecule has 0 amide bonds. The van der Waals surface area contributed by atoms with Gasteiger partial charge in [-0.05, 0) is 64.0 Å². The minimum atomic E-state index is -0.956. The molecule has 0 saturated heterocycles. The molecule has 0 aliphatic heterocycles. The highest BCUT2D eigenvalue weighted by Crippen LogP contribution is 2.45. The highest BCUT2D eigenvalue weighted by Gasteiger charge is 2.25. The summed E-state index contributed by atoms with van der Waals surface area (Å²) >= 11 is 6.95. The number of hydrogen-bond acceptors (Lipinski definition) is 1. The van der Waals surface area contributed by atoms with E-state index in [-0.39, 0.29) is 0 Å². The van der Waals surface area contributed by atoms with Gasteiger partial charge in [0.25, 0.3) is 0 Å². The van der Waals surface area contributed by atoms with Crippen LogP contribution in [0.4, 0.5) is 0 Å². The number of hydrogen-bond donors (Lipinski definition) is 1. The summed E-state index contributed by atoms with van der Waals surface area (Å²) in [4.78, 5) is 10.9. The SMILES string of the molecule is CC/C(=C(\C1=C(Cl)c2ccccc2C1)c1ccc(/C=C/C(=O)O)cc1)c1ccc(C)cc1. The van der Waals surface area contributed by atoms with E-state index in [1.165, 1.54) is 22.3 Å². The van der Waals surface area contributed by atoms with Crippen LogP contribution < -0.4 is 0 Å². The lowest BCUT2D eigenvalue weighted by Crippen LogP contribution is -1.98. The summed E-state index contributed by atoms with van der Waals surface area (Å²) in [6.07, 6.45) is 4.42. The first-order valence-electron chi connectivity index (χ1n) is 10.8. The Balaban J connectivity index is 1.89. The molecule has 0 unspecified atom stereocenters. The van der Waals surface area contributed by atoms with Gasteiger partial charge in [-0.1, -0.05) is 96.9 Å². The second-order valence-electron chi connectivity index (χ2n) is 7.99. The van der Waals surface area contributed by atoms with Crippen LogP contribution in [0, 0.1) is 6.92 Å². The Morgan fingerprint density at radius 1 is 0.969 bits per heavy atom. The van der Waals surface area contributed by atoms with Gasteiger partial charge in [-0.15, -0.1) is 0 Å². The van der Waals surface area contributed by atoms with Crippen LogP contribution in [0.5, 0.6) is 0 Å². The third-order valence-electron chi connectivity index (χ3n) is 5.86. The molecule has 3 aromatic rings. The van der Waals surface area contributed by atoms with E-state index in [0.717, 1.165) is 51.8 Å². The van der Waals surface area contributed by atoms with Crippen LogP contribution in [0.3, 0.4) is 0 Å². The van der Waals surface area contributed by atoms with Crippen molar-refractivity contribution < 1.29 is 9.90 Å². The second kappa shape index (κ2) is 9.42. The summed E-state index contributed by atoms with van der Waals surface area (Å²) in [6.45, 7) is 4.27. The topological polar surface area (TPSA) is 37.3 Å². The number of benzene rings is 3. The Morgan fingerprint density at radius 3 is 2.25 bits per heavy atom. The Hall–Kier alpha value is -3.36. The van der Waals surface area contributed by atoms with Crippen molar-refractivity contribution in [3.05, 3.63) is 118 Å². The predicted molar refractivity (Wildman–Crippen MR) is 134 cm³/mol. The molecule has 0 bridgehead atoms. The number of rotatable bonds is 6. The van der Waals surface area contributed by atoms with Crippen molar-refractivity contribution in [2.45, 2.75) is 26.7 Å². The number of carboxylic acid groups (broad SMARTS) is 1. The zero-order chi connectivity index (χ0) is 22.7. The Labute approximate surface area is 194 Å². The molecule has 2 nitrogen and oxygen atoms in total. The summed E-state index contributed by atoms with van der Waals surface area (Å²) < 4.78 is 0. The van der Waals surface area contributed by atoms with Gasteiger partial charge in [0.1, 0.15) is 0 Å². The van der Waals surface area contributed by atoms with Crippen molar-refractivity contribution >= 4 is 39.8 Å². The molecule has 0 saturated carbocycles. The van der Waals surface area contributed by atoms with Gasteiger partial charge < -0.3 is 5.11 Å². The summed E-state index contributed by atoms with van der Waals surface area (Å²) in [6, 6.07) is 25.0. The smallest absolute Gasteiger partial charge is 0.328 e. The molecular weight excluding hydrogens is 416 g/mol. The molecule has 1 aliphatic carbocycles. The van der Waals surface area contributed by atoms with Crippen LogP contribution in [-0.4, -0.2) is 11.1 Å². The van der Waals surface area contributed by atoms with Crippen molar-refractivity contribution in [3.63, 3.8) is 0 Å². The van der Waals surface area contributed by atoms with E-state index in [9.17, 15) is 4.79 Å². The number of carbonyl (C=O) groups is 1. The van der Waals surface area contributed by atoms with E-state index in [0.29, 0.717) is 0 Å². The minimum Gasteiger partial charge on any atom is -0.478 e. The van der Waals surface area contributed by atoms with E-state index >= 15 is 0 Å². The van der Waals surface area contributed by atoms with E-state index in [1.54, 1.807) is 6.08 Å². The first kappa shape index (κ1) is 21.9. The molecule has 1 N–H and O–H groups in total. The maximum Gasteiger partial charge on any atom is 0.328 e. The number of halogens is 1. The number of fused-ring (bicyclic) bond motifs is 1. The van der Waals surface area contributed by atoms with Gasteiger partial charge in [-0.25, -0.2) is 4.79 Å². The minimum absolute atomic E-state index is 0.792. The van der Waals surface area contributed by atoms with E-state index in [1.807, 2.05) is 18.2 Å². The molecule has 3 heteroatoms.